The molecule has 1 aliphatic carbocycles. The molecule has 1 heterocycles. The van der Waals surface area contributed by atoms with Crippen LogP contribution in [0.2, 0.25) is 0 Å². The molecule has 2 N–H and O–H groups in total. The number of nitrogens with one attached hydrogen (secondary N) is 2. The summed E-state index contributed by atoms with van der Waals surface area (Å²) >= 11 is 0. The molecule has 3 rings (SSSR count). The molecule has 2 aromatic rings. The first-order valence-electron chi connectivity index (χ1n) is 6.87. The van der Waals surface area contributed by atoms with Gasteiger partial charge in [-0.15, -0.1) is 0 Å². The molecule has 0 bridgehead atoms. The first-order chi connectivity index (χ1) is 10.7. The van der Waals surface area contributed by atoms with E-state index in [1.807, 2.05) is 0 Å². The Balaban J connectivity index is 1.61. The summed E-state index contributed by atoms with van der Waals surface area (Å²) in [7, 11) is 1.57. The normalized spacial score (nSPS) is 13.5. The third-order valence-electron chi connectivity index (χ3n) is 3.26. The second-order valence-electron chi connectivity index (χ2n) is 4.98. The van der Waals surface area contributed by atoms with Crippen LogP contribution in [0, 0.1) is 5.92 Å². The number of carbonyl (C=O) groups excluding carboxylic acids is 2. The zero-order valence-corrected chi connectivity index (χ0v) is 12.0. The third kappa shape index (κ3) is 3.25. The highest BCUT2D eigenvalue weighted by molar-refractivity contribution is 6.03. The van der Waals surface area contributed by atoms with Gasteiger partial charge in [-0.05, 0) is 37.1 Å². The zero-order valence-electron chi connectivity index (χ0n) is 12.0. The molecule has 0 radical (unpaired) electrons. The molecule has 114 valence electrons. The average molecular weight is 301 g/mol. The quantitative estimate of drug-likeness (QED) is 0.883. The van der Waals surface area contributed by atoms with Crippen molar-refractivity contribution in [3.63, 3.8) is 0 Å². The minimum absolute atomic E-state index is 0.0387. The van der Waals surface area contributed by atoms with Gasteiger partial charge in [0.15, 0.2) is 5.69 Å². The van der Waals surface area contributed by atoms with Gasteiger partial charge in [-0.3, -0.25) is 14.9 Å². The van der Waals surface area contributed by atoms with Crippen molar-refractivity contribution >= 4 is 23.5 Å². The molecule has 7 heteroatoms. The Labute approximate surface area is 126 Å². The van der Waals surface area contributed by atoms with Crippen LogP contribution in [-0.4, -0.2) is 23.9 Å². The van der Waals surface area contributed by atoms with Crippen molar-refractivity contribution in [3.8, 4) is 5.75 Å². The number of carbonyl (C=O) groups is 2. The number of oxazole rings is 1. The monoisotopic (exact) mass is 301 g/mol. The van der Waals surface area contributed by atoms with Crippen molar-refractivity contribution < 1.29 is 18.7 Å². The highest BCUT2D eigenvalue weighted by Gasteiger charge is 2.30. The van der Waals surface area contributed by atoms with Crippen LogP contribution in [-0.2, 0) is 4.79 Å². The second kappa shape index (κ2) is 5.88. The van der Waals surface area contributed by atoms with Gasteiger partial charge in [0.25, 0.3) is 5.91 Å². The van der Waals surface area contributed by atoms with Crippen LogP contribution in [0.1, 0.15) is 23.3 Å². The molecule has 1 saturated carbocycles. The van der Waals surface area contributed by atoms with E-state index < -0.39 is 5.91 Å². The summed E-state index contributed by atoms with van der Waals surface area (Å²) in [5.74, 6) is 0.206. The maximum absolute atomic E-state index is 12.0. The van der Waals surface area contributed by atoms with Gasteiger partial charge in [-0.25, -0.2) is 0 Å². The first-order valence-corrected chi connectivity index (χ1v) is 6.87. The van der Waals surface area contributed by atoms with E-state index in [9.17, 15) is 9.59 Å². The molecule has 1 aromatic heterocycles. The van der Waals surface area contributed by atoms with Gasteiger partial charge in [0.1, 0.15) is 12.0 Å². The van der Waals surface area contributed by atoms with Crippen molar-refractivity contribution in [3.05, 3.63) is 36.2 Å². The molecular formula is C15H15N3O4. The number of anilines is 2. The fraction of sp³-hybridized carbons (Fsp3) is 0.267. The van der Waals surface area contributed by atoms with Gasteiger partial charge >= 0.3 is 6.01 Å². The largest absolute Gasteiger partial charge is 0.497 e. The molecule has 7 nitrogen and oxygen atoms in total. The summed E-state index contributed by atoms with van der Waals surface area (Å²) < 4.78 is 10.1. The standard InChI is InChI=1S/C15H15N3O4/c1-21-11-6-4-10(5-7-11)16-14(20)12-8-22-15(17-12)18-13(19)9-2-3-9/h4-9H,2-3H2,1H3,(H,16,20)(H,17,18,19). The summed E-state index contributed by atoms with van der Waals surface area (Å²) in [6.07, 6.45) is 2.98. The van der Waals surface area contributed by atoms with Gasteiger partial charge in [0.2, 0.25) is 5.91 Å². The number of hydrogen-bond donors (Lipinski definition) is 2. The van der Waals surface area contributed by atoms with E-state index in [-0.39, 0.29) is 23.5 Å². The molecule has 0 atom stereocenters. The smallest absolute Gasteiger partial charge is 0.302 e. The molecular weight excluding hydrogens is 286 g/mol. The van der Waals surface area contributed by atoms with E-state index in [0.717, 1.165) is 12.8 Å². The van der Waals surface area contributed by atoms with E-state index in [2.05, 4.69) is 15.6 Å². The molecule has 2 amide bonds. The van der Waals surface area contributed by atoms with E-state index in [4.69, 9.17) is 9.15 Å². The molecule has 1 fully saturated rings. The topological polar surface area (TPSA) is 93.5 Å². The van der Waals surface area contributed by atoms with Gasteiger partial charge in [-0.1, -0.05) is 0 Å². The Morgan fingerprint density at radius 1 is 1.23 bits per heavy atom. The van der Waals surface area contributed by atoms with E-state index >= 15 is 0 Å². The summed E-state index contributed by atoms with van der Waals surface area (Å²) in [4.78, 5) is 27.6. The number of hydrogen-bond acceptors (Lipinski definition) is 5. The number of amides is 2. The van der Waals surface area contributed by atoms with E-state index in [1.54, 1.807) is 31.4 Å². The highest BCUT2D eigenvalue weighted by atomic mass is 16.5. The minimum Gasteiger partial charge on any atom is -0.497 e. The van der Waals surface area contributed by atoms with Crippen LogP contribution in [0.4, 0.5) is 11.7 Å². The van der Waals surface area contributed by atoms with Crippen molar-refractivity contribution in [2.45, 2.75) is 12.8 Å². The Morgan fingerprint density at radius 2 is 1.95 bits per heavy atom. The lowest BCUT2D eigenvalue weighted by Gasteiger charge is -2.04. The average Bonchev–Trinajstić information content (AvgIpc) is 3.28. The number of nitrogens with zero attached hydrogens (tertiary/aromatic N) is 1. The zero-order chi connectivity index (χ0) is 15.5. The lowest BCUT2D eigenvalue weighted by molar-refractivity contribution is -0.117. The van der Waals surface area contributed by atoms with Crippen LogP contribution < -0.4 is 15.4 Å². The lowest BCUT2D eigenvalue weighted by Crippen LogP contribution is -2.15. The molecule has 0 aliphatic heterocycles. The van der Waals surface area contributed by atoms with Crippen molar-refractivity contribution in [1.29, 1.82) is 0 Å². The SMILES string of the molecule is COc1ccc(NC(=O)c2coc(NC(=O)C3CC3)n2)cc1. The Morgan fingerprint density at radius 3 is 2.59 bits per heavy atom. The van der Waals surface area contributed by atoms with Crippen LogP contribution in [0.25, 0.3) is 0 Å². The number of benzene rings is 1. The van der Waals surface area contributed by atoms with Crippen molar-refractivity contribution in [1.82, 2.24) is 4.98 Å². The molecule has 1 aromatic carbocycles. The molecule has 0 spiro atoms. The van der Waals surface area contributed by atoms with E-state index in [0.29, 0.717) is 11.4 Å². The summed E-state index contributed by atoms with van der Waals surface area (Å²) in [6, 6.07) is 6.94. The maximum atomic E-state index is 12.0. The Kier molecular flexibility index (Phi) is 3.78. The van der Waals surface area contributed by atoms with Crippen LogP contribution in [0.3, 0.4) is 0 Å². The van der Waals surface area contributed by atoms with Crippen LogP contribution >= 0.6 is 0 Å². The Hall–Kier alpha value is -2.83. The van der Waals surface area contributed by atoms with Gasteiger partial charge in [0.05, 0.1) is 7.11 Å². The molecule has 0 unspecified atom stereocenters. The van der Waals surface area contributed by atoms with Crippen molar-refractivity contribution in [2.24, 2.45) is 5.92 Å². The third-order valence-corrected chi connectivity index (χ3v) is 3.26. The predicted octanol–water partition coefficient (Wildman–Crippen LogP) is 2.28. The number of methoxy groups -OCH3 is 1. The molecule has 0 saturated heterocycles. The first kappa shape index (κ1) is 14.1. The number of aromatic nitrogens is 1. The molecule has 22 heavy (non-hydrogen) atoms. The predicted molar refractivity (Wildman–Crippen MR) is 78.8 cm³/mol. The minimum atomic E-state index is -0.416. The summed E-state index contributed by atoms with van der Waals surface area (Å²) in [6.45, 7) is 0. The summed E-state index contributed by atoms with van der Waals surface area (Å²) in [5, 5.41) is 5.23. The number of rotatable bonds is 5. The van der Waals surface area contributed by atoms with Gasteiger partial charge < -0.3 is 14.5 Å². The molecule has 1 aliphatic rings. The van der Waals surface area contributed by atoms with Gasteiger partial charge in [-0.2, -0.15) is 4.98 Å². The Bertz CT molecular complexity index is 689. The highest BCUT2D eigenvalue weighted by Crippen LogP contribution is 2.30. The van der Waals surface area contributed by atoms with Gasteiger partial charge in [0, 0.05) is 11.6 Å². The lowest BCUT2D eigenvalue weighted by atomic mass is 10.3. The van der Waals surface area contributed by atoms with Crippen molar-refractivity contribution in [2.75, 3.05) is 17.7 Å². The maximum Gasteiger partial charge on any atom is 0.302 e. The van der Waals surface area contributed by atoms with E-state index in [1.165, 1.54) is 6.26 Å². The van der Waals surface area contributed by atoms with Crippen LogP contribution in [0.5, 0.6) is 5.75 Å². The summed E-state index contributed by atoms with van der Waals surface area (Å²) in [5.41, 5.74) is 0.708. The van der Waals surface area contributed by atoms with Crippen LogP contribution in [0.15, 0.2) is 34.9 Å². The second-order valence-corrected chi connectivity index (χ2v) is 4.98. The fourth-order valence-electron chi connectivity index (χ4n) is 1.86. The fourth-order valence-corrected chi connectivity index (χ4v) is 1.86. The number of ether oxygens (including phenoxy) is 1.